The van der Waals surface area contributed by atoms with Crippen LogP contribution in [0.5, 0.6) is 5.75 Å². The summed E-state index contributed by atoms with van der Waals surface area (Å²) in [6.07, 6.45) is 0. The van der Waals surface area contributed by atoms with Gasteiger partial charge in [-0.1, -0.05) is 0 Å². The molecular formula is C18H27N3O3. The normalized spacial score (nSPS) is 20.8. The molecule has 1 amide bonds. The molecule has 0 unspecified atom stereocenters. The average molecular weight is 333 g/mol. The summed E-state index contributed by atoms with van der Waals surface area (Å²) in [6.45, 7) is 8.46. The molecule has 0 N–H and O–H groups in total. The first-order valence-corrected chi connectivity index (χ1v) is 8.68. The van der Waals surface area contributed by atoms with Gasteiger partial charge in [0.25, 0.3) is 0 Å². The van der Waals surface area contributed by atoms with Gasteiger partial charge in [-0.3, -0.25) is 9.69 Å². The molecule has 0 radical (unpaired) electrons. The number of carbonyl (C=O) groups is 1. The van der Waals surface area contributed by atoms with Gasteiger partial charge in [-0.2, -0.15) is 0 Å². The number of morpholine rings is 1. The van der Waals surface area contributed by atoms with Gasteiger partial charge in [0.05, 0.1) is 26.4 Å². The highest BCUT2D eigenvalue weighted by atomic mass is 16.5. The SMILES string of the molecule is COc1ccc(N2CCN([C@H](C)C(=O)N3CCOCC3)CC2)cc1. The maximum atomic E-state index is 12.6. The van der Waals surface area contributed by atoms with Gasteiger partial charge in [0.2, 0.25) is 5.91 Å². The van der Waals surface area contributed by atoms with E-state index in [1.807, 2.05) is 24.0 Å². The number of hydrogen-bond acceptors (Lipinski definition) is 5. The minimum Gasteiger partial charge on any atom is -0.497 e. The minimum absolute atomic E-state index is 0.0545. The van der Waals surface area contributed by atoms with E-state index >= 15 is 0 Å². The van der Waals surface area contributed by atoms with Crippen LogP contribution in [-0.4, -0.2) is 81.3 Å². The molecule has 6 heteroatoms. The number of piperazine rings is 1. The van der Waals surface area contributed by atoms with Crippen LogP contribution in [-0.2, 0) is 9.53 Å². The molecule has 0 aliphatic carbocycles. The average Bonchev–Trinajstić information content (AvgIpc) is 2.68. The fraction of sp³-hybridized carbons (Fsp3) is 0.611. The van der Waals surface area contributed by atoms with Crippen LogP contribution in [0.1, 0.15) is 6.92 Å². The highest BCUT2D eigenvalue weighted by Crippen LogP contribution is 2.21. The lowest BCUT2D eigenvalue weighted by atomic mass is 10.1. The second-order valence-electron chi connectivity index (χ2n) is 6.33. The van der Waals surface area contributed by atoms with Crippen molar-refractivity contribution in [3.8, 4) is 5.75 Å². The predicted octanol–water partition coefficient (Wildman–Crippen LogP) is 1.06. The predicted molar refractivity (Wildman–Crippen MR) is 93.6 cm³/mol. The van der Waals surface area contributed by atoms with E-state index in [-0.39, 0.29) is 11.9 Å². The minimum atomic E-state index is -0.0545. The number of hydrogen-bond donors (Lipinski definition) is 0. The van der Waals surface area contributed by atoms with Gasteiger partial charge in [-0.15, -0.1) is 0 Å². The summed E-state index contributed by atoms with van der Waals surface area (Å²) in [5, 5.41) is 0. The highest BCUT2D eigenvalue weighted by molar-refractivity contribution is 5.81. The second-order valence-corrected chi connectivity index (χ2v) is 6.33. The molecule has 0 spiro atoms. The maximum absolute atomic E-state index is 12.6. The largest absolute Gasteiger partial charge is 0.497 e. The molecule has 6 nitrogen and oxygen atoms in total. The van der Waals surface area contributed by atoms with Crippen LogP contribution in [0.15, 0.2) is 24.3 Å². The molecule has 0 bridgehead atoms. The smallest absolute Gasteiger partial charge is 0.239 e. The number of carbonyl (C=O) groups excluding carboxylic acids is 1. The zero-order chi connectivity index (χ0) is 16.9. The molecule has 132 valence electrons. The number of nitrogens with zero attached hydrogens (tertiary/aromatic N) is 3. The van der Waals surface area contributed by atoms with E-state index < -0.39 is 0 Å². The van der Waals surface area contributed by atoms with Crippen LogP contribution in [0, 0.1) is 0 Å². The van der Waals surface area contributed by atoms with Crippen molar-refractivity contribution in [2.75, 3.05) is 64.5 Å². The van der Waals surface area contributed by atoms with Crippen LogP contribution in [0.25, 0.3) is 0 Å². The summed E-state index contributed by atoms with van der Waals surface area (Å²) in [4.78, 5) is 19.2. The van der Waals surface area contributed by atoms with Crippen molar-refractivity contribution in [3.05, 3.63) is 24.3 Å². The van der Waals surface area contributed by atoms with Crippen molar-refractivity contribution in [1.29, 1.82) is 0 Å². The van der Waals surface area contributed by atoms with Gasteiger partial charge in [0.1, 0.15) is 5.75 Å². The van der Waals surface area contributed by atoms with Crippen LogP contribution in [0.2, 0.25) is 0 Å². The van der Waals surface area contributed by atoms with E-state index in [2.05, 4.69) is 21.9 Å². The Bertz CT molecular complexity index is 535. The fourth-order valence-corrected chi connectivity index (χ4v) is 3.36. The van der Waals surface area contributed by atoms with Crippen LogP contribution in [0.3, 0.4) is 0 Å². The molecule has 2 aliphatic rings. The Morgan fingerprint density at radius 1 is 1.04 bits per heavy atom. The number of benzene rings is 1. The van der Waals surface area contributed by atoms with Crippen molar-refractivity contribution < 1.29 is 14.3 Å². The summed E-state index contributed by atoms with van der Waals surface area (Å²) in [7, 11) is 1.68. The summed E-state index contributed by atoms with van der Waals surface area (Å²) < 4.78 is 10.5. The Hall–Kier alpha value is -1.79. The Balaban J connectivity index is 1.52. The van der Waals surface area contributed by atoms with Crippen molar-refractivity contribution in [3.63, 3.8) is 0 Å². The lowest BCUT2D eigenvalue weighted by molar-refractivity contribution is -0.140. The van der Waals surface area contributed by atoms with E-state index in [0.717, 1.165) is 45.0 Å². The highest BCUT2D eigenvalue weighted by Gasteiger charge is 2.29. The third-order valence-corrected chi connectivity index (χ3v) is 4.98. The third kappa shape index (κ3) is 3.82. The molecule has 1 atom stereocenters. The van der Waals surface area contributed by atoms with E-state index in [4.69, 9.17) is 9.47 Å². The van der Waals surface area contributed by atoms with E-state index in [0.29, 0.717) is 13.2 Å². The van der Waals surface area contributed by atoms with Gasteiger partial charge in [-0.05, 0) is 31.2 Å². The molecule has 2 heterocycles. The lowest BCUT2D eigenvalue weighted by Crippen LogP contribution is -2.56. The molecule has 1 aromatic rings. The maximum Gasteiger partial charge on any atom is 0.239 e. The van der Waals surface area contributed by atoms with Crippen molar-refractivity contribution in [2.24, 2.45) is 0 Å². The number of ether oxygens (including phenoxy) is 2. The summed E-state index contributed by atoms with van der Waals surface area (Å²) in [5.74, 6) is 1.11. The van der Waals surface area contributed by atoms with E-state index in [1.54, 1.807) is 7.11 Å². The van der Waals surface area contributed by atoms with Crippen LogP contribution < -0.4 is 9.64 Å². The molecule has 2 aliphatic heterocycles. The lowest BCUT2D eigenvalue weighted by Gasteiger charge is -2.40. The van der Waals surface area contributed by atoms with Crippen molar-refractivity contribution >= 4 is 11.6 Å². The Kier molecular flexibility index (Phi) is 5.58. The Morgan fingerprint density at radius 2 is 1.67 bits per heavy atom. The first-order valence-electron chi connectivity index (χ1n) is 8.68. The summed E-state index contributed by atoms with van der Waals surface area (Å²) in [6, 6.07) is 8.12. The van der Waals surface area contributed by atoms with Gasteiger partial charge >= 0.3 is 0 Å². The Morgan fingerprint density at radius 3 is 2.25 bits per heavy atom. The molecule has 24 heavy (non-hydrogen) atoms. The molecule has 3 rings (SSSR count). The number of methoxy groups -OCH3 is 1. The number of anilines is 1. The molecule has 0 saturated carbocycles. The number of rotatable bonds is 4. The van der Waals surface area contributed by atoms with Gasteiger partial charge in [0, 0.05) is 45.0 Å². The standard InChI is InChI=1S/C18H27N3O3/c1-15(18(22)21-11-13-24-14-12-21)19-7-9-20(10-8-19)16-3-5-17(23-2)6-4-16/h3-6,15H,7-14H2,1-2H3/t15-/m1/s1. The molecule has 2 saturated heterocycles. The zero-order valence-corrected chi connectivity index (χ0v) is 14.6. The quantitative estimate of drug-likeness (QED) is 0.825. The fourth-order valence-electron chi connectivity index (χ4n) is 3.36. The van der Waals surface area contributed by atoms with Gasteiger partial charge in [0.15, 0.2) is 0 Å². The molecular weight excluding hydrogens is 306 g/mol. The first-order chi connectivity index (χ1) is 11.7. The third-order valence-electron chi connectivity index (χ3n) is 4.98. The van der Waals surface area contributed by atoms with E-state index in [1.165, 1.54) is 5.69 Å². The van der Waals surface area contributed by atoms with Gasteiger partial charge in [-0.25, -0.2) is 0 Å². The van der Waals surface area contributed by atoms with Crippen molar-refractivity contribution in [1.82, 2.24) is 9.80 Å². The monoisotopic (exact) mass is 333 g/mol. The first kappa shape index (κ1) is 17.0. The molecule has 2 fully saturated rings. The van der Waals surface area contributed by atoms with Crippen LogP contribution >= 0.6 is 0 Å². The second kappa shape index (κ2) is 7.85. The van der Waals surface area contributed by atoms with Gasteiger partial charge < -0.3 is 19.3 Å². The van der Waals surface area contributed by atoms with Crippen LogP contribution in [0.4, 0.5) is 5.69 Å². The molecule has 1 aromatic carbocycles. The summed E-state index contributed by atoms with van der Waals surface area (Å²) in [5.41, 5.74) is 1.21. The number of amides is 1. The van der Waals surface area contributed by atoms with E-state index in [9.17, 15) is 4.79 Å². The zero-order valence-electron chi connectivity index (χ0n) is 14.6. The topological polar surface area (TPSA) is 45.2 Å². The van der Waals surface area contributed by atoms with Crippen molar-refractivity contribution in [2.45, 2.75) is 13.0 Å². The summed E-state index contributed by atoms with van der Waals surface area (Å²) >= 11 is 0. The molecule has 0 aromatic heterocycles. The Labute approximate surface area is 143 Å².